The smallest absolute Gasteiger partial charge is 0.408 e. The van der Waals surface area contributed by atoms with Crippen LogP contribution in [0, 0.1) is 5.92 Å². The summed E-state index contributed by atoms with van der Waals surface area (Å²) in [5.41, 5.74) is -0.554. The van der Waals surface area contributed by atoms with Gasteiger partial charge in [-0.1, -0.05) is 44.2 Å². The highest BCUT2D eigenvalue weighted by Gasteiger charge is 2.63. The van der Waals surface area contributed by atoms with Crippen LogP contribution in [0.4, 0.5) is 4.79 Å². The van der Waals surface area contributed by atoms with Gasteiger partial charge in [0.1, 0.15) is 29.3 Å². The molecule has 2 aliphatic heterocycles. The lowest BCUT2D eigenvalue weighted by Crippen LogP contribution is -2.58. The Morgan fingerprint density at radius 2 is 1.75 bits per heavy atom. The van der Waals surface area contributed by atoms with Gasteiger partial charge in [0.05, 0.1) is 22.3 Å². The number of carbonyl (C=O) groups is 4. The van der Waals surface area contributed by atoms with E-state index in [9.17, 15) is 27.6 Å². The Labute approximate surface area is 299 Å². The molecule has 1 aromatic carbocycles. The van der Waals surface area contributed by atoms with Crippen molar-refractivity contribution >= 4 is 44.9 Å². The molecule has 5 atom stereocenters. The third-order valence-electron chi connectivity index (χ3n) is 10.8. The quantitative estimate of drug-likeness (QED) is 0.381. The number of para-hydroxylation sites is 2. The number of alkyl carbamates (subject to hydrolysis) is 1. The van der Waals surface area contributed by atoms with Crippen molar-refractivity contribution in [3.8, 4) is 6.01 Å². The van der Waals surface area contributed by atoms with E-state index in [2.05, 4.69) is 20.3 Å². The molecule has 0 bridgehead atoms. The largest absolute Gasteiger partial charge is 0.459 e. The van der Waals surface area contributed by atoms with Crippen molar-refractivity contribution in [1.29, 1.82) is 0 Å². The number of carbonyl (C=O) groups excluding carboxylic acids is 4. The van der Waals surface area contributed by atoms with E-state index >= 15 is 0 Å². The van der Waals surface area contributed by atoms with Crippen LogP contribution in [0.1, 0.15) is 105 Å². The molecule has 0 radical (unpaired) electrons. The first-order valence-electron chi connectivity index (χ1n) is 18.4. The van der Waals surface area contributed by atoms with Gasteiger partial charge in [-0.15, -0.1) is 0 Å². The van der Waals surface area contributed by atoms with Crippen LogP contribution in [0.3, 0.4) is 0 Å². The van der Waals surface area contributed by atoms with Gasteiger partial charge in [-0.3, -0.25) is 23.7 Å². The molecule has 15 heteroatoms. The van der Waals surface area contributed by atoms with Crippen molar-refractivity contribution in [3.63, 3.8) is 0 Å². The van der Waals surface area contributed by atoms with Crippen LogP contribution in [-0.2, 0) is 35.7 Å². The third-order valence-corrected chi connectivity index (χ3v) is 12.9. The van der Waals surface area contributed by atoms with Gasteiger partial charge in [0.25, 0.3) is 11.9 Å². The zero-order chi connectivity index (χ0) is 36.8. The van der Waals surface area contributed by atoms with Gasteiger partial charge in [-0.25, -0.2) is 13.2 Å². The SMILES string of the molecule is CCn1c(O[C@@H]2C[C@H]3C(=O)N[C@]4(C(=O)NS(=O)(=O)C5(C)CC5)C[C@H]4CCCCCCC[C@H](NC(=O)OC(C)(C)C)C(=O)N3C2)nc2ccccc21. The third kappa shape index (κ3) is 7.82. The zero-order valence-corrected chi connectivity index (χ0v) is 31.1. The van der Waals surface area contributed by atoms with Crippen molar-refractivity contribution in [2.24, 2.45) is 5.92 Å². The number of ether oxygens (including phenoxy) is 2. The van der Waals surface area contributed by atoms with Crippen molar-refractivity contribution in [1.82, 2.24) is 29.8 Å². The van der Waals surface area contributed by atoms with E-state index in [1.807, 2.05) is 35.8 Å². The van der Waals surface area contributed by atoms with Crippen molar-refractivity contribution in [3.05, 3.63) is 24.3 Å². The van der Waals surface area contributed by atoms with Crippen molar-refractivity contribution < 1.29 is 37.1 Å². The molecule has 14 nitrogen and oxygen atoms in total. The Morgan fingerprint density at radius 1 is 1.06 bits per heavy atom. The summed E-state index contributed by atoms with van der Waals surface area (Å²) in [6.07, 6.45) is 5.04. The van der Waals surface area contributed by atoms with E-state index in [0.29, 0.717) is 51.1 Å². The number of aryl methyl sites for hydroxylation is 1. The Hall–Kier alpha value is -3.88. The van der Waals surface area contributed by atoms with E-state index in [1.165, 1.54) is 4.90 Å². The number of benzene rings is 1. The number of rotatable bonds is 7. The lowest BCUT2D eigenvalue weighted by Gasteiger charge is -2.30. The van der Waals surface area contributed by atoms with E-state index in [0.717, 1.165) is 36.7 Å². The Balaban J connectivity index is 1.30. The molecular weight excluding hydrogens is 676 g/mol. The topological polar surface area (TPSA) is 178 Å². The van der Waals surface area contributed by atoms with E-state index < -0.39 is 67.9 Å². The molecule has 2 aromatic rings. The first-order chi connectivity index (χ1) is 24.1. The second-order valence-electron chi connectivity index (χ2n) is 15.9. The lowest BCUT2D eigenvalue weighted by atomic mass is 10.0. The van der Waals surface area contributed by atoms with Gasteiger partial charge in [0, 0.05) is 13.0 Å². The minimum atomic E-state index is -3.95. The first kappa shape index (κ1) is 36.9. The molecular formula is C36H52N6O8S. The summed E-state index contributed by atoms with van der Waals surface area (Å²) in [4.78, 5) is 61.6. The predicted molar refractivity (Wildman–Crippen MR) is 189 cm³/mol. The number of sulfonamides is 1. The van der Waals surface area contributed by atoms with E-state index in [1.54, 1.807) is 27.7 Å². The van der Waals surface area contributed by atoms with Gasteiger partial charge in [0.15, 0.2) is 0 Å². The van der Waals surface area contributed by atoms with Crippen LogP contribution in [0.25, 0.3) is 11.0 Å². The average molecular weight is 729 g/mol. The van der Waals surface area contributed by atoms with Crippen LogP contribution in [0.5, 0.6) is 6.01 Å². The van der Waals surface area contributed by atoms with Crippen molar-refractivity contribution in [2.45, 2.75) is 146 Å². The van der Waals surface area contributed by atoms with Gasteiger partial charge in [0.2, 0.25) is 21.8 Å². The molecule has 1 aromatic heterocycles. The highest BCUT2D eigenvalue weighted by Crippen LogP contribution is 2.49. The van der Waals surface area contributed by atoms with Crippen LogP contribution in [0.2, 0.25) is 0 Å². The average Bonchev–Trinajstić information content (AvgIpc) is 3.88. The maximum Gasteiger partial charge on any atom is 0.408 e. The fourth-order valence-corrected chi connectivity index (χ4v) is 8.71. The van der Waals surface area contributed by atoms with Gasteiger partial charge in [-0.2, -0.15) is 4.98 Å². The normalized spacial score (nSPS) is 28.4. The number of nitrogens with zero attached hydrogens (tertiary/aromatic N) is 3. The molecule has 6 rings (SSSR count). The lowest BCUT2D eigenvalue weighted by molar-refractivity contribution is -0.141. The summed E-state index contributed by atoms with van der Waals surface area (Å²) in [5.74, 6) is -2.00. The monoisotopic (exact) mass is 728 g/mol. The van der Waals surface area contributed by atoms with E-state index in [-0.39, 0.29) is 18.9 Å². The summed E-state index contributed by atoms with van der Waals surface area (Å²) in [6, 6.07) is 5.98. The second-order valence-corrected chi connectivity index (χ2v) is 18.1. The van der Waals surface area contributed by atoms with Crippen LogP contribution < -0.4 is 20.1 Å². The highest BCUT2D eigenvalue weighted by atomic mass is 32.2. The molecule has 4 fully saturated rings. The number of amides is 4. The molecule has 51 heavy (non-hydrogen) atoms. The van der Waals surface area contributed by atoms with Gasteiger partial charge < -0.3 is 25.0 Å². The number of hydrogen-bond donors (Lipinski definition) is 3. The van der Waals surface area contributed by atoms with Crippen molar-refractivity contribution in [2.75, 3.05) is 6.54 Å². The minimum Gasteiger partial charge on any atom is -0.459 e. The zero-order valence-electron chi connectivity index (χ0n) is 30.3. The number of fused-ring (bicyclic) bond motifs is 3. The summed E-state index contributed by atoms with van der Waals surface area (Å²) in [6.45, 7) is 9.42. The molecule has 3 N–H and O–H groups in total. The molecule has 2 saturated heterocycles. The maximum absolute atomic E-state index is 14.4. The molecule has 4 amide bonds. The number of hydrogen-bond acceptors (Lipinski definition) is 9. The summed E-state index contributed by atoms with van der Waals surface area (Å²) >= 11 is 0. The van der Waals surface area contributed by atoms with Crippen LogP contribution in [-0.4, -0.2) is 87.3 Å². The minimum absolute atomic E-state index is 0.0334. The molecule has 3 heterocycles. The predicted octanol–water partition coefficient (Wildman–Crippen LogP) is 3.92. The fraction of sp³-hybridized carbons (Fsp3) is 0.694. The fourth-order valence-electron chi connectivity index (χ4n) is 7.40. The summed E-state index contributed by atoms with van der Waals surface area (Å²) in [5, 5.41) is 5.70. The van der Waals surface area contributed by atoms with Gasteiger partial charge >= 0.3 is 6.09 Å². The molecule has 2 aliphatic carbocycles. The standard InChI is InChI=1S/C36H52N6O8S/c1-6-41-27-17-13-12-15-25(27)37-32(41)49-24-20-28-29(43)39-36(31(45)40-51(47,48)35(5)18-19-35)21-23(36)14-10-8-7-9-11-16-26(30(44)42(28)22-24)38-33(46)50-34(2,3)4/h12-13,15,17,23-24,26,28H,6-11,14,16,18-22H2,1-5H3,(H,38,46)(H,39,43)(H,40,45)/t23-,24-,26+,28+,36-/m1/s1. The van der Waals surface area contributed by atoms with Crippen LogP contribution in [0.15, 0.2) is 24.3 Å². The van der Waals surface area contributed by atoms with Gasteiger partial charge in [-0.05, 0) is 84.8 Å². The van der Waals surface area contributed by atoms with E-state index in [4.69, 9.17) is 9.47 Å². The maximum atomic E-state index is 14.4. The Morgan fingerprint density at radius 3 is 2.43 bits per heavy atom. The Kier molecular flexibility index (Phi) is 10.1. The summed E-state index contributed by atoms with van der Waals surface area (Å²) < 4.78 is 41.4. The molecule has 280 valence electrons. The number of imidazole rings is 1. The first-order valence-corrected chi connectivity index (χ1v) is 19.8. The molecule has 0 unspecified atom stereocenters. The second kappa shape index (κ2) is 13.9. The molecule has 0 spiro atoms. The Bertz CT molecular complexity index is 1780. The molecule has 4 aliphatic rings. The number of nitrogens with one attached hydrogen (secondary N) is 3. The summed E-state index contributed by atoms with van der Waals surface area (Å²) in [7, 11) is -3.95. The molecule has 2 saturated carbocycles. The van der Waals surface area contributed by atoms with Crippen LogP contribution >= 0.6 is 0 Å². The highest BCUT2D eigenvalue weighted by molar-refractivity contribution is 7.91. The number of aromatic nitrogens is 2.